The number of sulfonamides is 1. The number of halogens is 1. The Morgan fingerprint density at radius 2 is 1.70 bits per heavy atom. The van der Waals surface area contributed by atoms with Crippen LogP contribution < -0.4 is 14.4 Å². The molecule has 3 aromatic carbocycles. The highest BCUT2D eigenvalue weighted by molar-refractivity contribution is 7.92. The van der Waals surface area contributed by atoms with Crippen molar-refractivity contribution in [3.8, 4) is 5.75 Å². The van der Waals surface area contributed by atoms with Gasteiger partial charge in [-0.3, -0.25) is 13.9 Å². The van der Waals surface area contributed by atoms with Crippen molar-refractivity contribution in [1.82, 2.24) is 10.2 Å². The number of nitrogens with one attached hydrogen (secondary N) is 1. The highest BCUT2D eigenvalue weighted by atomic mass is 35.5. The first-order valence-corrected chi connectivity index (χ1v) is 16.9. The monoisotopic (exact) mass is 625 g/mol. The van der Waals surface area contributed by atoms with Crippen LogP contribution in [-0.2, 0) is 32.6 Å². The molecule has 0 spiro atoms. The van der Waals surface area contributed by atoms with Gasteiger partial charge in [-0.1, -0.05) is 79.0 Å². The van der Waals surface area contributed by atoms with E-state index < -0.39 is 16.1 Å². The molecule has 0 saturated heterocycles. The largest absolute Gasteiger partial charge is 0.497 e. The maximum Gasteiger partial charge on any atom is 0.243 e. The van der Waals surface area contributed by atoms with Gasteiger partial charge in [-0.25, -0.2) is 8.42 Å². The minimum atomic E-state index is -3.63. The summed E-state index contributed by atoms with van der Waals surface area (Å²) in [4.78, 5) is 29.5. The molecular weight excluding hydrogens is 586 g/mol. The van der Waals surface area contributed by atoms with Crippen LogP contribution >= 0.6 is 11.6 Å². The second-order valence-corrected chi connectivity index (χ2v) is 13.3. The molecular formula is C33H40ClN3O5S. The molecule has 3 aromatic rings. The highest BCUT2D eigenvalue weighted by Crippen LogP contribution is 2.25. The fourth-order valence-corrected chi connectivity index (χ4v) is 6.65. The van der Waals surface area contributed by atoms with E-state index in [1.165, 1.54) is 11.4 Å². The first-order valence-electron chi connectivity index (χ1n) is 14.6. The van der Waals surface area contributed by atoms with Gasteiger partial charge in [0, 0.05) is 43.1 Å². The summed E-state index contributed by atoms with van der Waals surface area (Å²) in [7, 11) is -2.11. The smallest absolute Gasteiger partial charge is 0.243 e. The van der Waals surface area contributed by atoms with Crippen LogP contribution in [0.2, 0.25) is 5.02 Å². The molecule has 1 N–H and O–H groups in total. The molecule has 1 aliphatic carbocycles. The summed E-state index contributed by atoms with van der Waals surface area (Å²) in [6.07, 6.45) is 5.77. The Kier molecular flexibility index (Phi) is 11.5. The van der Waals surface area contributed by atoms with E-state index in [0.717, 1.165) is 43.1 Å². The number of rotatable bonds is 14. The van der Waals surface area contributed by atoms with Crippen molar-refractivity contribution in [2.45, 2.75) is 63.6 Å². The van der Waals surface area contributed by atoms with E-state index in [9.17, 15) is 18.0 Å². The lowest BCUT2D eigenvalue weighted by Gasteiger charge is -2.33. The summed E-state index contributed by atoms with van der Waals surface area (Å²) in [6.45, 7) is 0.245. The van der Waals surface area contributed by atoms with E-state index in [2.05, 4.69) is 5.32 Å². The molecule has 1 saturated carbocycles. The topological polar surface area (TPSA) is 96.0 Å². The highest BCUT2D eigenvalue weighted by Gasteiger charge is 2.32. The van der Waals surface area contributed by atoms with Gasteiger partial charge < -0.3 is 15.0 Å². The SMILES string of the molecule is COc1cccc(N(CCCC(=O)N(Cc2ccccc2Cl)[C@@H](Cc2ccccc2)C(=O)NC2CCCC2)S(C)(=O)=O)c1. The lowest BCUT2D eigenvalue weighted by molar-refractivity contribution is -0.141. The molecule has 0 radical (unpaired) electrons. The number of nitrogens with zero attached hydrogens (tertiary/aromatic N) is 2. The summed E-state index contributed by atoms with van der Waals surface area (Å²) >= 11 is 6.52. The van der Waals surface area contributed by atoms with E-state index in [0.29, 0.717) is 22.9 Å². The van der Waals surface area contributed by atoms with Crippen molar-refractivity contribution in [2.24, 2.45) is 0 Å². The summed E-state index contributed by atoms with van der Waals surface area (Å²) in [6, 6.07) is 23.1. The second kappa shape index (κ2) is 15.3. The average molecular weight is 626 g/mol. The number of carbonyl (C=O) groups excluding carboxylic acids is 2. The van der Waals surface area contributed by atoms with Gasteiger partial charge in [0.2, 0.25) is 21.8 Å². The molecule has 2 amide bonds. The van der Waals surface area contributed by atoms with Crippen LogP contribution in [0.15, 0.2) is 78.9 Å². The number of benzene rings is 3. The number of methoxy groups -OCH3 is 1. The Hall–Kier alpha value is -3.56. The van der Waals surface area contributed by atoms with Crippen LogP contribution in [0.1, 0.15) is 49.7 Å². The lowest BCUT2D eigenvalue weighted by Crippen LogP contribution is -2.52. The van der Waals surface area contributed by atoms with Crippen molar-refractivity contribution < 1.29 is 22.7 Å². The fourth-order valence-electron chi connectivity index (χ4n) is 5.50. The first kappa shape index (κ1) is 32.4. The zero-order valence-corrected chi connectivity index (χ0v) is 26.3. The summed E-state index contributed by atoms with van der Waals surface area (Å²) < 4.78 is 32.0. The van der Waals surface area contributed by atoms with Crippen LogP contribution in [0.5, 0.6) is 5.75 Å². The predicted molar refractivity (Wildman–Crippen MR) is 171 cm³/mol. The zero-order chi connectivity index (χ0) is 30.8. The Balaban J connectivity index is 1.59. The summed E-state index contributed by atoms with van der Waals surface area (Å²) in [5, 5.41) is 3.71. The molecule has 0 aliphatic heterocycles. The van der Waals surface area contributed by atoms with Crippen molar-refractivity contribution >= 4 is 39.1 Å². The summed E-state index contributed by atoms with van der Waals surface area (Å²) in [5.74, 6) is 0.0944. The van der Waals surface area contributed by atoms with Crippen molar-refractivity contribution in [2.75, 3.05) is 24.2 Å². The molecule has 4 rings (SSSR count). The second-order valence-electron chi connectivity index (χ2n) is 10.9. The lowest BCUT2D eigenvalue weighted by atomic mass is 10.0. The fraction of sp³-hybridized carbons (Fsp3) is 0.394. The van der Waals surface area contributed by atoms with Gasteiger partial charge in [0.05, 0.1) is 19.1 Å². The Bertz CT molecular complexity index is 1480. The van der Waals surface area contributed by atoms with E-state index in [-0.39, 0.29) is 43.8 Å². The van der Waals surface area contributed by atoms with Gasteiger partial charge >= 0.3 is 0 Å². The molecule has 1 aliphatic rings. The Morgan fingerprint density at radius 3 is 2.37 bits per heavy atom. The number of ether oxygens (including phenoxy) is 1. The van der Waals surface area contributed by atoms with Crippen LogP contribution in [0, 0.1) is 0 Å². The number of hydrogen-bond donors (Lipinski definition) is 1. The Labute approximate surface area is 260 Å². The predicted octanol–water partition coefficient (Wildman–Crippen LogP) is 5.59. The number of hydrogen-bond acceptors (Lipinski definition) is 5. The molecule has 1 fully saturated rings. The standard InChI is InChI=1S/C33H40ClN3O5S/c1-42-29-18-10-17-28(23-29)37(43(2,40)41)21-11-20-32(38)36(24-26-14-6-9-19-30(26)34)31(22-25-12-4-3-5-13-25)33(39)35-27-15-7-8-16-27/h3-6,9-10,12-14,17-19,23,27,31H,7-8,11,15-16,20-22,24H2,1-2H3,(H,35,39)/t31-/m0/s1. The number of carbonyl (C=O) groups is 2. The van der Waals surface area contributed by atoms with E-state index in [4.69, 9.17) is 16.3 Å². The maximum absolute atomic E-state index is 14.0. The minimum absolute atomic E-state index is 0.0441. The molecule has 0 heterocycles. The Morgan fingerprint density at radius 1 is 1.00 bits per heavy atom. The molecule has 230 valence electrons. The van der Waals surface area contributed by atoms with Crippen molar-refractivity contribution in [1.29, 1.82) is 0 Å². The van der Waals surface area contributed by atoms with Crippen LogP contribution in [0.4, 0.5) is 5.69 Å². The average Bonchev–Trinajstić information content (AvgIpc) is 3.50. The van der Waals surface area contributed by atoms with Crippen molar-refractivity contribution in [3.63, 3.8) is 0 Å². The van der Waals surface area contributed by atoms with Crippen molar-refractivity contribution in [3.05, 3.63) is 95.0 Å². The third-order valence-electron chi connectivity index (χ3n) is 7.76. The molecule has 43 heavy (non-hydrogen) atoms. The number of anilines is 1. The third-order valence-corrected chi connectivity index (χ3v) is 9.33. The summed E-state index contributed by atoms with van der Waals surface area (Å²) in [5.41, 5.74) is 2.13. The maximum atomic E-state index is 14.0. The molecule has 8 nitrogen and oxygen atoms in total. The van der Waals surface area contributed by atoms with Gasteiger partial charge in [-0.05, 0) is 48.6 Å². The first-order chi connectivity index (χ1) is 20.7. The quantitative estimate of drug-likeness (QED) is 0.252. The van der Waals surface area contributed by atoms with Gasteiger partial charge in [0.25, 0.3) is 0 Å². The van der Waals surface area contributed by atoms with E-state index >= 15 is 0 Å². The molecule has 1 atom stereocenters. The number of amides is 2. The normalized spacial score (nSPS) is 14.2. The molecule has 10 heteroatoms. The van der Waals surface area contributed by atoms with Crippen LogP contribution in [-0.4, -0.2) is 57.1 Å². The van der Waals surface area contributed by atoms with Gasteiger partial charge in [0.1, 0.15) is 11.8 Å². The van der Waals surface area contributed by atoms with E-state index in [1.54, 1.807) is 35.2 Å². The molecule has 0 unspecified atom stereocenters. The molecule has 0 aromatic heterocycles. The van der Waals surface area contributed by atoms with Crippen LogP contribution in [0.25, 0.3) is 0 Å². The third kappa shape index (κ3) is 9.21. The minimum Gasteiger partial charge on any atom is -0.497 e. The van der Waals surface area contributed by atoms with Gasteiger partial charge in [0.15, 0.2) is 0 Å². The zero-order valence-electron chi connectivity index (χ0n) is 24.7. The van der Waals surface area contributed by atoms with Crippen LogP contribution in [0.3, 0.4) is 0 Å². The van der Waals surface area contributed by atoms with E-state index in [1.807, 2.05) is 48.5 Å². The van der Waals surface area contributed by atoms with Gasteiger partial charge in [-0.2, -0.15) is 0 Å². The van der Waals surface area contributed by atoms with Gasteiger partial charge in [-0.15, -0.1) is 0 Å². The molecule has 0 bridgehead atoms.